The Morgan fingerprint density at radius 3 is 2.79 bits per heavy atom. The summed E-state index contributed by atoms with van der Waals surface area (Å²) in [5.41, 5.74) is 1.43. The third-order valence-electron chi connectivity index (χ3n) is 4.68. The number of hydrogen-bond acceptors (Lipinski definition) is 2. The fourth-order valence-corrected chi connectivity index (χ4v) is 3.42. The monoisotopic (exact) mass is 260 g/mol. The Morgan fingerprint density at radius 1 is 1.37 bits per heavy atom. The van der Waals surface area contributed by atoms with Crippen molar-refractivity contribution in [1.82, 2.24) is 10.2 Å². The van der Waals surface area contributed by atoms with Gasteiger partial charge in [0.25, 0.3) is 0 Å². The molecular formula is C16H24N2O. The zero-order chi connectivity index (χ0) is 13.6. The van der Waals surface area contributed by atoms with E-state index in [-0.39, 0.29) is 17.4 Å². The molecule has 0 aromatic rings. The van der Waals surface area contributed by atoms with E-state index in [9.17, 15) is 4.79 Å². The predicted molar refractivity (Wildman–Crippen MR) is 76.6 cm³/mol. The van der Waals surface area contributed by atoms with Crippen molar-refractivity contribution in [2.75, 3.05) is 20.1 Å². The minimum Gasteiger partial charge on any atom is -0.337 e. The molecule has 1 saturated carbocycles. The van der Waals surface area contributed by atoms with Gasteiger partial charge in [-0.05, 0) is 37.3 Å². The van der Waals surface area contributed by atoms with Crippen LogP contribution >= 0.6 is 0 Å². The molecule has 19 heavy (non-hydrogen) atoms. The van der Waals surface area contributed by atoms with E-state index in [1.54, 1.807) is 0 Å². The molecule has 1 heterocycles. The van der Waals surface area contributed by atoms with Gasteiger partial charge in [-0.1, -0.05) is 32.1 Å². The molecule has 104 valence electrons. The van der Waals surface area contributed by atoms with E-state index in [0.717, 1.165) is 31.3 Å². The van der Waals surface area contributed by atoms with Crippen molar-refractivity contribution in [3.8, 4) is 0 Å². The van der Waals surface area contributed by atoms with E-state index < -0.39 is 0 Å². The highest BCUT2D eigenvalue weighted by Gasteiger charge is 2.45. The number of rotatable bonds is 3. The van der Waals surface area contributed by atoms with Crippen LogP contribution in [0.5, 0.6) is 0 Å². The number of carbonyl (C=O) groups excluding carboxylic acids is 1. The van der Waals surface area contributed by atoms with Crippen LogP contribution in [0.2, 0.25) is 0 Å². The van der Waals surface area contributed by atoms with Crippen LogP contribution in [-0.2, 0) is 4.79 Å². The SMILES string of the molecule is CNC1CC2CC2CN(CC2=CC(C)(C)C=C2)C1=O. The molecule has 3 heteroatoms. The number of nitrogens with zero attached hydrogens (tertiary/aromatic N) is 1. The van der Waals surface area contributed by atoms with Gasteiger partial charge in [-0.15, -0.1) is 0 Å². The summed E-state index contributed by atoms with van der Waals surface area (Å²) < 4.78 is 0. The van der Waals surface area contributed by atoms with Crippen molar-refractivity contribution in [3.05, 3.63) is 23.8 Å². The van der Waals surface area contributed by atoms with Crippen molar-refractivity contribution in [3.63, 3.8) is 0 Å². The maximum atomic E-state index is 12.5. The molecule has 0 spiro atoms. The van der Waals surface area contributed by atoms with Crippen LogP contribution in [0.4, 0.5) is 0 Å². The topological polar surface area (TPSA) is 32.3 Å². The quantitative estimate of drug-likeness (QED) is 0.841. The number of hydrogen-bond donors (Lipinski definition) is 1. The summed E-state index contributed by atoms with van der Waals surface area (Å²) in [7, 11) is 1.90. The lowest BCUT2D eigenvalue weighted by Crippen LogP contribution is -2.45. The third-order valence-corrected chi connectivity index (χ3v) is 4.68. The fraction of sp³-hybridized carbons (Fsp3) is 0.688. The van der Waals surface area contributed by atoms with Gasteiger partial charge in [-0.25, -0.2) is 0 Å². The maximum absolute atomic E-state index is 12.5. The molecule has 1 amide bonds. The van der Waals surface area contributed by atoms with E-state index in [0.29, 0.717) is 0 Å². The molecule has 3 nitrogen and oxygen atoms in total. The molecule has 3 unspecified atom stereocenters. The van der Waals surface area contributed by atoms with Crippen molar-refractivity contribution in [1.29, 1.82) is 0 Å². The number of likely N-dealkylation sites (tertiary alicyclic amines) is 1. The Kier molecular flexibility index (Phi) is 3.05. The van der Waals surface area contributed by atoms with E-state index in [1.807, 2.05) is 7.05 Å². The lowest BCUT2D eigenvalue weighted by molar-refractivity contribution is -0.132. The zero-order valence-electron chi connectivity index (χ0n) is 12.1. The first-order valence-electron chi connectivity index (χ1n) is 7.35. The maximum Gasteiger partial charge on any atom is 0.240 e. The highest BCUT2D eigenvalue weighted by atomic mass is 16.2. The summed E-state index contributed by atoms with van der Waals surface area (Å²) >= 11 is 0. The third kappa shape index (κ3) is 2.62. The highest BCUT2D eigenvalue weighted by molar-refractivity contribution is 5.82. The minimum absolute atomic E-state index is 0.0245. The largest absolute Gasteiger partial charge is 0.337 e. The van der Waals surface area contributed by atoms with Gasteiger partial charge in [0, 0.05) is 18.5 Å². The molecule has 1 N–H and O–H groups in total. The van der Waals surface area contributed by atoms with Crippen molar-refractivity contribution < 1.29 is 4.79 Å². The van der Waals surface area contributed by atoms with Gasteiger partial charge in [0.2, 0.25) is 5.91 Å². The number of allylic oxidation sites excluding steroid dienone is 2. The standard InChI is InChI=1S/C16H24N2O/c1-16(2)5-4-11(8-16)9-18-10-13-6-12(13)7-14(17-3)15(18)19/h4-5,8,12-14,17H,6-7,9-10H2,1-3H3. The molecule has 2 fully saturated rings. The first-order valence-corrected chi connectivity index (χ1v) is 7.35. The van der Waals surface area contributed by atoms with Crippen molar-refractivity contribution >= 4 is 5.91 Å². The van der Waals surface area contributed by atoms with Crippen LogP contribution in [0.15, 0.2) is 23.8 Å². The molecule has 3 rings (SSSR count). The normalized spacial score (nSPS) is 35.9. The molecule has 3 atom stereocenters. The molecule has 0 radical (unpaired) electrons. The summed E-state index contributed by atoms with van der Waals surface area (Å²) in [5, 5.41) is 3.19. The minimum atomic E-state index is 0.0245. The van der Waals surface area contributed by atoms with Crippen LogP contribution in [0, 0.1) is 17.3 Å². The lowest BCUT2D eigenvalue weighted by Gasteiger charge is -2.25. The first kappa shape index (κ1) is 12.9. The number of nitrogens with one attached hydrogen (secondary N) is 1. The molecule has 1 saturated heterocycles. The molecule has 0 aromatic carbocycles. The zero-order valence-corrected chi connectivity index (χ0v) is 12.1. The van der Waals surface area contributed by atoms with Gasteiger partial charge in [0.1, 0.15) is 0 Å². The van der Waals surface area contributed by atoms with Crippen LogP contribution in [-0.4, -0.2) is 37.0 Å². The van der Waals surface area contributed by atoms with Crippen LogP contribution < -0.4 is 5.32 Å². The van der Waals surface area contributed by atoms with E-state index in [1.165, 1.54) is 12.0 Å². The first-order chi connectivity index (χ1) is 8.98. The van der Waals surface area contributed by atoms with Gasteiger partial charge < -0.3 is 10.2 Å². The Balaban J connectivity index is 1.72. The van der Waals surface area contributed by atoms with Gasteiger partial charge in [0.15, 0.2) is 0 Å². The Bertz CT molecular complexity index is 450. The molecule has 3 aliphatic rings. The van der Waals surface area contributed by atoms with Gasteiger partial charge >= 0.3 is 0 Å². The van der Waals surface area contributed by atoms with Crippen LogP contribution in [0.25, 0.3) is 0 Å². The van der Waals surface area contributed by atoms with Crippen molar-refractivity contribution in [2.45, 2.75) is 32.7 Å². The van der Waals surface area contributed by atoms with E-state index >= 15 is 0 Å². The van der Waals surface area contributed by atoms with Gasteiger partial charge in [0.05, 0.1) is 6.04 Å². The second kappa shape index (κ2) is 4.48. The van der Waals surface area contributed by atoms with E-state index in [2.05, 4.69) is 42.3 Å². The molecular weight excluding hydrogens is 236 g/mol. The fourth-order valence-electron chi connectivity index (χ4n) is 3.42. The summed E-state index contributed by atoms with van der Waals surface area (Å²) in [5.74, 6) is 1.81. The van der Waals surface area contributed by atoms with Gasteiger partial charge in [-0.2, -0.15) is 0 Å². The lowest BCUT2D eigenvalue weighted by atomic mass is 9.96. The summed E-state index contributed by atoms with van der Waals surface area (Å²) in [4.78, 5) is 14.6. The molecule has 0 aromatic heterocycles. The Morgan fingerprint density at radius 2 is 2.16 bits per heavy atom. The number of likely N-dealkylation sites (N-methyl/N-ethyl adjacent to an activating group) is 1. The predicted octanol–water partition coefficient (Wildman–Crippen LogP) is 1.97. The Labute approximate surface area is 115 Å². The number of carbonyl (C=O) groups is 1. The van der Waals surface area contributed by atoms with Crippen LogP contribution in [0.3, 0.4) is 0 Å². The highest BCUT2D eigenvalue weighted by Crippen LogP contribution is 2.44. The number of amides is 1. The molecule has 0 bridgehead atoms. The van der Waals surface area contributed by atoms with Crippen molar-refractivity contribution in [2.24, 2.45) is 17.3 Å². The van der Waals surface area contributed by atoms with Gasteiger partial charge in [-0.3, -0.25) is 4.79 Å². The molecule has 1 aliphatic heterocycles. The number of fused-ring (bicyclic) bond motifs is 1. The average molecular weight is 260 g/mol. The summed E-state index contributed by atoms with van der Waals surface area (Å²) in [6.45, 7) is 6.13. The van der Waals surface area contributed by atoms with E-state index in [4.69, 9.17) is 0 Å². The van der Waals surface area contributed by atoms with Crippen LogP contribution in [0.1, 0.15) is 26.7 Å². The summed E-state index contributed by atoms with van der Waals surface area (Å²) in [6, 6.07) is 0.0245. The summed E-state index contributed by atoms with van der Waals surface area (Å²) in [6.07, 6.45) is 9.01. The second-order valence-corrected chi connectivity index (χ2v) is 6.93. The second-order valence-electron chi connectivity index (χ2n) is 6.93. The molecule has 2 aliphatic carbocycles. The Hall–Kier alpha value is -1.09. The smallest absolute Gasteiger partial charge is 0.240 e. The average Bonchev–Trinajstić information content (AvgIpc) is 3.00.